The Hall–Kier alpha value is -1.12. The summed E-state index contributed by atoms with van der Waals surface area (Å²) in [6.45, 7) is 8.96. The topological polar surface area (TPSA) is 34.9 Å². The van der Waals surface area contributed by atoms with Crippen LogP contribution in [0.15, 0.2) is 12.3 Å². The fraction of sp³-hybridized carbons (Fsp3) is 0.636. The second kappa shape index (κ2) is 3.95. The van der Waals surface area contributed by atoms with E-state index in [4.69, 9.17) is 0 Å². The first kappa shape index (κ1) is 11.0. The van der Waals surface area contributed by atoms with E-state index >= 15 is 0 Å². The average molecular weight is 194 g/mol. The van der Waals surface area contributed by atoms with Gasteiger partial charge in [-0.15, -0.1) is 0 Å². The molecule has 0 saturated carbocycles. The summed E-state index contributed by atoms with van der Waals surface area (Å²) in [5, 5.41) is 4.23. The number of aldehydes is 1. The number of carbonyl (C=O) groups is 1. The highest BCUT2D eigenvalue weighted by Crippen LogP contribution is 2.20. The van der Waals surface area contributed by atoms with Gasteiger partial charge in [-0.1, -0.05) is 13.8 Å². The maximum absolute atomic E-state index is 10.9. The number of rotatable bonds is 4. The molecule has 3 nitrogen and oxygen atoms in total. The van der Waals surface area contributed by atoms with Gasteiger partial charge in [0.1, 0.15) is 6.29 Å². The second-order valence-corrected chi connectivity index (χ2v) is 4.63. The van der Waals surface area contributed by atoms with Crippen molar-refractivity contribution < 1.29 is 4.79 Å². The smallest absolute Gasteiger partial charge is 0.131 e. The second-order valence-electron chi connectivity index (χ2n) is 4.63. The Labute approximate surface area is 85.1 Å². The zero-order valence-electron chi connectivity index (χ0n) is 9.32. The van der Waals surface area contributed by atoms with Gasteiger partial charge in [-0.2, -0.15) is 5.10 Å². The van der Waals surface area contributed by atoms with Crippen LogP contribution in [0.2, 0.25) is 0 Å². The van der Waals surface area contributed by atoms with E-state index < -0.39 is 5.41 Å². The number of hydrogen-bond donors (Lipinski definition) is 0. The van der Waals surface area contributed by atoms with E-state index in [1.54, 1.807) is 6.20 Å². The molecule has 0 aromatic carbocycles. The molecule has 0 N–H and O–H groups in total. The largest absolute Gasteiger partial charge is 0.302 e. The van der Waals surface area contributed by atoms with Crippen LogP contribution in [0.3, 0.4) is 0 Å². The van der Waals surface area contributed by atoms with Gasteiger partial charge in [0, 0.05) is 12.7 Å². The van der Waals surface area contributed by atoms with Crippen LogP contribution < -0.4 is 0 Å². The third kappa shape index (κ3) is 2.22. The van der Waals surface area contributed by atoms with Crippen molar-refractivity contribution in [2.75, 3.05) is 0 Å². The van der Waals surface area contributed by atoms with Crippen molar-refractivity contribution in [1.29, 1.82) is 0 Å². The fourth-order valence-corrected chi connectivity index (χ4v) is 1.43. The maximum atomic E-state index is 10.9. The quantitative estimate of drug-likeness (QED) is 0.687. The Morgan fingerprint density at radius 2 is 2.21 bits per heavy atom. The molecule has 0 saturated heterocycles. The number of carbonyl (C=O) groups excluding carboxylic acids is 1. The van der Waals surface area contributed by atoms with Gasteiger partial charge in [-0.3, -0.25) is 4.68 Å². The zero-order chi connectivity index (χ0) is 10.8. The highest BCUT2D eigenvalue weighted by molar-refractivity contribution is 5.65. The summed E-state index contributed by atoms with van der Waals surface area (Å²) in [6.07, 6.45) is 2.73. The minimum Gasteiger partial charge on any atom is -0.302 e. The van der Waals surface area contributed by atoms with Gasteiger partial charge in [0.25, 0.3) is 0 Å². The normalized spacial score (nSPS) is 12.1. The first-order valence-corrected chi connectivity index (χ1v) is 4.96. The molecule has 78 valence electrons. The van der Waals surface area contributed by atoms with Gasteiger partial charge in [-0.25, -0.2) is 0 Å². The summed E-state index contributed by atoms with van der Waals surface area (Å²) in [6, 6.07) is 1.91. The summed E-state index contributed by atoms with van der Waals surface area (Å²) in [4.78, 5) is 10.9. The van der Waals surface area contributed by atoms with Crippen molar-refractivity contribution in [2.45, 2.75) is 39.7 Å². The van der Waals surface area contributed by atoms with E-state index in [1.807, 2.05) is 24.6 Å². The molecule has 1 heterocycles. The number of aromatic nitrogens is 2. The molecular formula is C11H18N2O. The summed E-state index contributed by atoms with van der Waals surface area (Å²) < 4.78 is 1.92. The molecular weight excluding hydrogens is 176 g/mol. The molecule has 0 fully saturated rings. The Morgan fingerprint density at radius 1 is 1.57 bits per heavy atom. The van der Waals surface area contributed by atoms with Crippen LogP contribution in [-0.4, -0.2) is 16.1 Å². The lowest BCUT2D eigenvalue weighted by atomic mass is 9.91. The fourth-order valence-electron chi connectivity index (χ4n) is 1.43. The van der Waals surface area contributed by atoms with Gasteiger partial charge in [0.05, 0.1) is 11.1 Å². The van der Waals surface area contributed by atoms with Crippen molar-refractivity contribution in [3.05, 3.63) is 18.0 Å². The van der Waals surface area contributed by atoms with E-state index in [1.165, 1.54) is 0 Å². The summed E-state index contributed by atoms with van der Waals surface area (Å²) in [7, 11) is 0. The number of nitrogens with zero attached hydrogens (tertiary/aromatic N) is 2. The summed E-state index contributed by atoms with van der Waals surface area (Å²) in [5.41, 5.74) is 0.548. The van der Waals surface area contributed by atoms with E-state index in [0.717, 1.165) is 18.5 Å². The molecule has 1 rings (SSSR count). The molecule has 0 spiro atoms. The van der Waals surface area contributed by atoms with Crippen molar-refractivity contribution >= 4 is 6.29 Å². The Morgan fingerprint density at radius 3 is 2.71 bits per heavy atom. The van der Waals surface area contributed by atoms with Gasteiger partial charge in [0.2, 0.25) is 0 Å². The zero-order valence-corrected chi connectivity index (χ0v) is 9.32. The molecule has 1 aromatic heterocycles. The minimum absolute atomic E-state index is 0.439. The molecule has 0 aliphatic heterocycles. The highest BCUT2D eigenvalue weighted by atomic mass is 16.1. The van der Waals surface area contributed by atoms with Crippen LogP contribution in [0.1, 0.15) is 33.4 Å². The third-order valence-corrected chi connectivity index (χ3v) is 2.21. The Balaban J connectivity index is 2.98. The van der Waals surface area contributed by atoms with Gasteiger partial charge >= 0.3 is 0 Å². The molecule has 14 heavy (non-hydrogen) atoms. The van der Waals surface area contributed by atoms with Crippen LogP contribution in [0.25, 0.3) is 0 Å². The minimum atomic E-state index is -0.439. The Bertz CT molecular complexity index is 313. The van der Waals surface area contributed by atoms with Gasteiger partial charge in [0.15, 0.2) is 0 Å². The van der Waals surface area contributed by atoms with E-state index in [0.29, 0.717) is 5.92 Å². The lowest BCUT2D eigenvalue weighted by Crippen LogP contribution is -2.24. The molecule has 1 aromatic rings. The summed E-state index contributed by atoms with van der Waals surface area (Å²) in [5.74, 6) is 0.538. The molecule has 0 aliphatic carbocycles. The average Bonchev–Trinajstić information content (AvgIpc) is 2.52. The van der Waals surface area contributed by atoms with Crippen molar-refractivity contribution in [1.82, 2.24) is 9.78 Å². The van der Waals surface area contributed by atoms with E-state index in [9.17, 15) is 4.79 Å². The van der Waals surface area contributed by atoms with Crippen LogP contribution in [0.4, 0.5) is 0 Å². The van der Waals surface area contributed by atoms with Crippen LogP contribution in [0, 0.1) is 5.92 Å². The monoisotopic (exact) mass is 194 g/mol. The van der Waals surface area contributed by atoms with Crippen molar-refractivity contribution in [3.8, 4) is 0 Å². The predicted octanol–water partition coefficient (Wildman–Crippen LogP) is 2.02. The van der Waals surface area contributed by atoms with E-state index in [2.05, 4.69) is 18.9 Å². The van der Waals surface area contributed by atoms with Crippen LogP contribution >= 0.6 is 0 Å². The lowest BCUT2D eigenvalue weighted by Gasteiger charge is -2.19. The standard InChI is InChI=1S/C11H18N2O/c1-9(2)7-13-10(5-6-12-13)11(3,4)8-14/h5-6,8-9H,7H2,1-4H3. The highest BCUT2D eigenvalue weighted by Gasteiger charge is 2.23. The van der Waals surface area contributed by atoms with Gasteiger partial charge < -0.3 is 4.79 Å². The van der Waals surface area contributed by atoms with Crippen molar-refractivity contribution in [3.63, 3.8) is 0 Å². The molecule has 3 heteroatoms. The molecule has 0 amide bonds. The van der Waals surface area contributed by atoms with Crippen LogP contribution in [-0.2, 0) is 16.8 Å². The molecule has 0 bridgehead atoms. The SMILES string of the molecule is CC(C)Cn1nccc1C(C)(C)C=O. The van der Waals surface area contributed by atoms with Crippen LogP contribution in [0.5, 0.6) is 0 Å². The maximum Gasteiger partial charge on any atom is 0.131 e. The third-order valence-electron chi connectivity index (χ3n) is 2.21. The first-order valence-electron chi connectivity index (χ1n) is 4.96. The molecule has 0 radical (unpaired) electrons. The molecule has 0 unspecified atom stereocenters. The van der Waals surface area contributed by atoms with E-state index in [-0.39, 0.29) is 0 Å². The first-order chi connectivity index (χ1) is 6.47. The van der Waals surface area contributed by atoms with Crippen molar-refractivity contribution in [2.24, 2.45) is 5.92 Å². The number of hydrogen-bond acceptors (Lipinski definition) is 2. The summed E-state index contributed by atoms with van der Waals surface area (Å²) >= 11 is 0. The van der Waals surface area contributed by atoms with Gasteiger partial charge in [-0.05, 0) is 25.8 Å². The lowest BCUT2D eigenvalue weighted by molar-refractivity contribution is -0.111. The predicted molar refractivity (Wildman–Crippen MR) is 56.2 cm³/mol. The Kier molecular flexibility index (Phi) is 3.09. The molecule has 0 aliphatic rings. The molecule has 0 atom stereocenters.